The molecule has 2 heterocycles. The first-order valence-corrected chi connectivity index (χ1v) is 10.3. The number of carbonyl (C=O) groups excluding carboxylic acids is 1. The van der Waals surface area contributed by atoms with Crippen LogP contribution in [-0.2, 0) is 16.0 Å². The van der Waals surface area contributed by atoms with Crippen LogP contribution in [0.25, 0.3) is 0 Å². The molecule has 0 radical (unpaired) electrons. The first-order valence-electron chi connectivity index (χ1n) is 9.88. The van der Waals surface area contributed by atoms with Crippen molar-refractivity contribution in [1.29, 1.82) is 0 Å². The van der Waals surface area contributed by atoms with E-state index in [4.69, 9.17) is 16.3 Å². The second-order valence-electron chi connectivity index (χ2n) is 8.30. The molecule has 2 saturated heterocycles. The van der Waals surface area contributed by atoms with Crippen LogP contribution in [0.1, 0.15) is 45.1 Å². The standard InChI is InChI=1S/C21H29ClN2O2/c1-3-21(14-26-21)20(12-16-4-6-17(22)7-5-16)13-19(20)23-18-8-10-24(11-9-18)15(2)25/h4-7,18-19,23H,3,8-14H2,1-2H3. The number of epoxide rings is 1. The summed E-state index contributed by atoms with van der Waals surface area (Å²) in [6, 6.07) is 9.29. The Hall–Kier alpha value is -1.10. The molecule has 1 amide bonds. The Balaban J connectivity index is 1.42. The van der Waals surface area contributed by atoms with Crippen molar-refractivity contribution in [3.8, 4) is 0 Å². The van der Waals surface area contributed by atoms with Crippen LogP contribution in [0.2, 0.25) is 5.02 Å². The number of likely N-dealkylation sites (tertiary alicyclic amines) is 1. The normalized spacial score (nSPS) is 34.0. The summed E-state index contributed by atoms with van der Waals surface area (Å²) in [6.07, 6.45) is 5.39. The second kappa shape index (κ2) is 6.81. The Morgan fingerprint density at radius 3 is 2.50 bits per heavy atom. The maximum Gasteiger partial charge on any atom is 0.219 e. The first-order chi connectivity index (χ1) is 12.5. The third-order valence-electron chi connectivity index (χ3n) is 6.86. The highest BCUT2D eigenvalue weighted by Gasteiger charge is 2.72. The highest BCUT2D eigenvalue weighted by atomic mass is 35.5. The number of benzene rings is 1. The van der Waals surface area contributed by atoms with Gasteiger partial charge in [0.25, 0.3) is 0 Å². The van der Waals surface area contributed by atoms with Crippen molar-refractivity contribution >= 4 is 17.5 Å². The summed E-state index contributed by atoms with van der Waals surface area (Å²) in [4.78, 5) is 13.5. The summed E-state index contributed by atoms with van der Waals surface area (Å²) in [5, 5.41) is 4.70. The van der Waals surface area contributed by atoms with Gasteiger partial charge in [-0.3, -0.25) is 4.79 Å². The van der Waals surface area contributed by atoms with Crippen molar-refractivity contribution in [2.45, 2.75) is 63.6 Å². The smallest absolute Gasteiger partial charge is 0.219 e. The Morgan fingerprint density at radius 2 is 1.96 bits per heavy atom. The van der Waals surface area contributed by atoms with E-state index >= 15 is 0 Å². The van der Waals surface area contributed by atoms with Gasteiger partial charge in [0.1, 0.15) is 0 Å². The molecule has 3 atom stereocenters. The van der Waals surface area contributed by atoms with Gasteiger partial charge < -0.3 is 15.0 Å². The van der Waals surface area contributed by atoms with Crippen molar-refractivity contribution in [3.05, 3.63) is 34.9 Å². The van der Waals surface area contributed by atoms with E-state index in [-0.39, 0.29) is 16.9 Å². The molecule has 3 fully saturated rings. The monoisotopic (exact) mass is 376 g/mol. The van der Waals surface area contributed by atoms with E-state index < -0.39 is 0 Å². The lowest BCUT2D eigenvalue weighted by Gasteiger charge is -2.33. The van der Waals surface area contributed by atoms with E-state index in [2.05, 4.69) is 24.4 Å². The number of ether oxygens (including phenoxy) is 1. The summed E-state index contributed by atoms with van der Waals surface area (Å²) in [5.41, 5.74) is 1.59. The van der Waals surface area contributed by atoms with E-state index in [1.54, 1.807) is 6.92 Å². The number of halogens is 1. The van der Waals surface area contributed by atoms with E-state index in [0.717, 1.165) is 50.4 Å². The van der Waals surface area contributed by atoms with Gasteiger partial charge in [-0.2, -0.15) is 0 Å². The SMILES string of the molecule is CCC1(C2(Cc3ccc(Cl)cc3)CC2NC2CCN(C(C)=O)CC2)CO1. The van der Waals surface area contributed by atoms with Crippen LogP contribution in [0.15, 0.2) is 24.3 Å². The van der Waals surface area contributed by atoms with Gasteiger partial charge in [0, 0.05) is 42.5 Å². The third-order valence-corrected chi connectivity index (χ3v) is 7.11. The molecule has 1 aliphatic carbocycles. The van der Waals surface area contributed by atoms with Crippen LogP contribution in [-0.4, -0.2) is 48.2 Å². The Bertz CT molecular complexity index is 665. The van der Waals surface area contributed by atoms with Crippen LogP contribution in [0, 0.1) is 5.41 Å². The number of nitrogens with one attached hydrogen (secondary N) is 1. The Kier molecular flexibility index (Phi) is 4.79. The Morgan fingerprint density at radius 1 is 1.31 bits per heavy atom. The summed E-state index contributed by atoms with van der Waals surface area (Å²) >= 11 is 6.05. The minimum Gasteiger partial charge on any atom is -0.369 e. The average molecular weight is 377 g/mol. The van der Waals surface area contributed by atoms with Crippen molar-refractivity contribution in [3.63, 3.8) is 0 Å². The van der Waals surface area contributed by atoms with Gasteiger partial charge in [-0.25, -0.2) is 0 Å². The summed E-state index contributed by atoms with van der Waals surface area (Å²) in [6.45, 7) is 6.55. The van der Waals surface area contributed by atoms with Gasteiger partial charge in [-0.1, -0.05) is 30.7 Å². The van der Waals surface area contributed by atoms with Crippen molar-refractivity contribution in [2.24, 2.45) is 5.41 Å². The van der Waals surface area contributed by atoms with Crippen LogP contribution in [0.4, 0.5) is 0 Å². The molecule has 0 bridgehead atoms. The Labute approximate surface area is 161 Å². The molecule has 26 heavy (non-hydrogen) atoms. The maximum absolute atomic E-state index is 11.5. The average Bonchev–Trinajstić information content (AvgIpc) is 3.54. The molecule has 1 aromatic rings. The van der Waals surface area contributed by atoms with Gasteiger partial charge >= 0.3 is 0 Å². The lowest BCUT2D eigenvalue weighted by Crippen LogP contribution is -2.47. The zero-order chi connectivity index (χ0) is 18.4. The first kappa shape index (κ1) is 18.3. The van der Waals surface area contributed by atoms with Gasteiger partial charge in [0.05, 0.1) is 12.2 Å². The zero-order valence-electron chi connectivity index (χ0n) is 15.8. The molecule has 0 aromatic heterocycles. The van der Waals surface area contributed by atoms with E-state index in [1.807, 2.05) is 17.0 Å². The molecule has 4 nitrogen and oxygen atoms in total. The summed E-state index contributed by atoms with van der Waals surface area (Å²) < 4.78 is 6.02. The quantitative estimate of drug-likeness (QED) is 0.774. The molecule has 1 aromatic carbocycles. The van der Waals surface area contributed by atoms with Crippen molar-refractivity contribution < 1.29 is 9.53 Å². The number of nitrogens with zero attached hydrogens (tertiary/aromatic N) is 1. The van der Waals surface area contributed by atoms with Crippen molar-refractivity contribution in [1.82, 2.24) is 10.2 Å². The number of amides is 1. The van der Waals surface area contributed by atoms with Gasteiger partial charge in [0.2, 0.25) is 5.91 Å². The molecule has 4 rings (SSSR count). The lowest BCUT2D eigenvalue weighted by molar-refractivity contribution is -0.129. The van der Waals surface area contributed by atoms with Crippen LogP contribution >= 0.6 is 11.6 Å². The second-order valence-corrected chi connectivity index (χ2v) is 8.74. The number of carbonyl (C=O) groups is 1. The fourth-order valence-corrected chi connectivity index (χ4v) is 5.05. The number of rotatable bonds is 6. The minimum atomic E-state index is 0.0460. The minimum absolute atomic E-state index is 0.0460. The predicted molar refractivity (Wildman–Crippen MR) is 103 cm³/mol. The lowest BCUT2D eigenvalue weighted by atomic mass is 9.81. The van der Waals surface area contributed by atoms with Crippen LogP contribution in [0.3, 0.4) is 0 Å². The topological polar surface area (TPSA) is 44.9 Å². The fraction of sp³-hybridized carbons (Fsp3) is 0.667. The highest BCUT2D eigenvalue weighted by Crippen LogP contribution is 2.64. The largest absolute Gasteiger partial charge is 0.369 e. The molecule has 5 heteroatoms. The summed E-state index contributed by atoms with van der Waals surface area (Å²) in [5.74, 6) is 0.197. The molecule has 142 valence electrons. The molecule has 1 saturated carbocycles. The number of hydrogen-bond acceptors (Lipinski definition) is 3. The molecule has 1 N–H and O–H groups in total. The molecular formula is C21H29ClN2O2. The highest BCUT2D eigenvalue weighted by molar-refractivity contribution is 6.30. The fourth-order valence-electron chi connectivity index (χ4n) is 4.93. The summed E-state index contributed by atoms with van der Waals surface area (Å²) in [7, 11) is 0. The third kappa shape index (κ3) is 3.28. The molecule has 3 unspecified atom stereocenters. The molecule has 0 spiro atoms. The van der Waals surface area contributed by atoms with Gasteiger partial charge in [-0.05, 0) is 49.8 Å². The number of hydrogen-bond donors (Lipinski definition) is 1. The van der Waals surface area contributed by atoms with Crippen molar-refractivity contribution in [2.75, 3.05) is 19.7 Å². The van der Waals surface area contributed by atoms with E-state index in [1.165, 1.54) is 12.0 Å². The van der Waals surface area contributed by atoms with Crippen LogP contribution < -0.4 is 5.32 Å². The predicted octanol–water partition coefficient (Wildman–Crippen LogP) is 3.42. The molecular weight excluding hydrogens is 348 g/mol. The van der Waals surface area contributed by atoms with Gasteiger partial charge in [-0.15, -0.1) is 0 Å². The number of piperidine rings is 1. The van der Waals surface area contributed by atoms with E-state index in [9.17, 15) is 4.79 Å². The van der Waals surface area contributed by atoms with Gasteiger partial charge in [0.15, 0.2) is 0 Å². The van der Waals surface area contributed by atoms with Crippen LogP contribution in [0.5, 0.6) is 0 Å². The maximum atomic E-state index is 11.5. The zero-order valence-corrected chi connectivity index (χ0v) is 16.5. The molecule has 3 aliphatic rings. The van der Waals surface area contributed by atoms with E-state index in [0.29, 0.717) is 12.1 Å². The molecule has 2 aliphatic heterocycles.